The van der Waals surface area contributed by atoms with Crippen LogP contribution >= 0.6 is 0 Å². The summed E-state index contributed by atoms with van der Waals surface area (Å²) in [5.74, 6) is 0. The summed E-state index contributed by atoms with van der Waals surface area (Å²) in [7, 11) is 0. The molecule has 0 aliphatic rings. The molecule has 23 heavy (non-hydrogen) atoms. The summed E-state index contributed by atoms with van der Waals surface area (Å²) in [5.41, 5.74) is 3.78. The van der Waals surface area contributed by atoms with E-state index >= 15 is 0 Å². The van der Waals surface area contributed by atoms with Crippen molar-refractivity contribution in [1.29, 1.82) is 0 Å². The van der Waals surface area contributed by atoms with E-state index in [0.29, 0.717) is 0 Å². The van der Waals surface area contributed by atoms with E-state index in [4.69, 9.17) is 0 Å². The lowest BCUT2D eigenvalue weighted by Gasteiger charge is -2.16. The zero-order valence-electron chi connectivity index (χ0n) is 13.1. The molecule has 0 saturated carbocycles. The molecule has 3 aromatic rings. The monoisotopic (exact) mass is 299 g/mol. The zero-order chi connectivity index (χ0) is 15.7. The molecule has 1 atom stereocenters. The van der Waals surface area contributed by atoms with Gasteiger partial charge in [0.05, 0.1) is 6.04 Å². The van der Waals surface area contributed by atoms with Crippen molar-refractivity contribution >= 4 is 6.08 Å². The Balaban J connectivity index is 1.75. The number of benzene rings is 3. The van der Waals surface area contributed by atoms with Gasteiger partial charge in [0.2, 0.25) is 0 Å². The molecule has 0 saturated heterocycles. The van der Waals surface area contributed by atoms with Crippen LogP contribution in [0.2, 0.25) is 0 Å². The molecule has 3 rings (SSSR count). The van der Waals surface area contributed by atoms with Gasteiger partial charge in [-0.1, -0.05) is 103 Å². The van der Waals surface area contributed by atoms with Gasteiger partial charge in [-0.2, -0.15) is 0 Å². The van der Waals surface area contributed by atoms with Crippen LogP contribution in [0.5, 0.6) is 0 Å². The molecule has 1 nitrogen and oxygen atoms in total. The van der Waals surface area contributed by atoms with Gasteiger partial charge >= 0.3 is 0 Å². The van der Waals surface area contributed by atoms with Gasteiger partial charge < -0.3 is 5.32 Å². The van der Waals surface area contributed by atoms with E-state index < -0.39 is 0 Å². The van der Waals surface area contributed by atoms with Crippen molar-refractivity contribution in [1.82, 2.24) is 5.32 Å². The highest BCUT2D eigenvalue weighted by molar-refractivity contribution is 5.50. The first kappa shape index (κ1) is 15.3. The number of rotatable bonds is 6. The van der Waals surface area contributed by atoms with Gasteiger partial charge in [-0.25, -0.2) is 0 Å². The van der Waals surface area contributed by atoms with E-state index in [1.165, 1.54) is 16.7 Å². The summed E-state index contributed by atoms with van der Waals surface area (Å²) < 4.78 is 0. The van der Waals surface area contributed by atoms with Crippen LogP contribution in [-0.2, 0) is 6.54 Å². The van der Waals surface area contributed by atoms with Crippen molar-refractivity contribution in [3.05, 3.63) is 114 Å². The fourth-order valence-electron chi connectivity index (χ4n) is 2.55. The molecular formula is C22H21N. The van der Waals surface area contributed by atoms with Crippen molar-refractivity contribution in [2.45, 2.75) is 12.6 Å². The third-order valence-electron chi connectivity index (χ3n) is 3.81. The second-order valence-corrected chi connectivity index (χ2v) is 5.52. The van der Waals surface area contributed by atoms with Gasteiger partial charge in [0, 0.05) is 6.54 Å². The minimum absolute atomic E-state index is 0.191. The first-order chi connectivity index (χ1) is 11.4. The van der Waals surface area contributed by atoms with Crippen molar-refractivity contribution < 1.29 is 0 Å². The number of hydrogen-bond acceptors (Lipinski definition) is 1. The highest BCUT2D eigenvalue weighted by atomic mass is 14.9. The second kappa shape index (κ2) is 8.11. The molecule has 0 heterocycles. The van der Waals surface area contributed by atoms with Crippen LogP contribution in [0.25, 0.3) is 6.08 Å². The molecule has 0 fully saturated rings. The third-order valence-corrected chi connectivity index (χ3v) is 3.81. The molecule has 0 aromatic heterocycles. The van der Waals surface area contributed by atoms with Crippen LogP contribution in [0.3, 0.4) is 0 Å². The van der Waals surface area contributed by atoms with Crippen LogP contribution < -0.4 is 5.32 Å². The Morgan fingerprint density at radius 2 is 1.26 bits per heavy atom. The Kier molecular flexibility index (Phi) is 5.38. The minimum atomic E-state index is 0.191. The van der Waals surface area contributed by atoms with E-state index in [2.05, 4.69) is 96.3 Å². The molecule has 0 spiro atoms. The smallest absolute Gasteiger partial charge is 0.0512 e. The average Bonchev–Trinajstić information content (AvgIpc) is 2.64. The average molecular weight is 299 g/mol. The molecule has 0 aliphatic heterocycles. The molecular weight excluding hydrogens is 278 g/mol. The molecule has 0 radical (unpaired) electrons. The summed E-state index contributed by atoms with van der Waals surface area (Å²) in [6, 6.07) is 31.7. The normalized spacial score (nSPS) is 12.3. The lowest BCUT2D eigenvalue weighted by atomic mass is 10.0. The van der Waals surface area contributed by atoms with E-state index in [9.17, 15) is 0 Å². The van der Waals surface area contributed by atoms with E-state index in [1.807, 2.05) is 12.1 Å². The standard InChI is InChI=1S/C22H21N/c1-4-10-19(11-5-1)16-17-22(21-14-8-3-9-15-21)23-18-20-12-6-2-7-13-20/h1-17,22-23H,18H2/b17-16+. The molecule has 1 unspecified atom stereocenters. The fourth-order valence-corrected chi connectivity index (χ4v) is 2.55. The second-order valence-electron chi connectivity index (χ2n) is 5.52. The van der Waals surface area contributed by atoms with Gasteiger partial charge in [0.25, 0.3) is 0 Å². The third kappa shape index (κ3) is 4.67. The minimum Gasteiger partial charge on any atom is -0.303 e. The van der Waals surface area contributed by atoms with Crippen molar-refractivity contribution in [2.24, 2.45) is 0 Å². The highest BCUT2D eigenvalue weighted by Gasteiger charge is 2.06. The lowest BCUT2D eigenvalue weighted by molar-refractivity contribution is 0.623. The Morgan fingerprint density at radius 1 is 0.696 bits per heavy atom. The molecule has 3 aromatic carbocycles. The fraction of sp³-hybridized carbons (Fsp3) is 0.0909. The van der Waals surface area contributed by atoms with E-state index in [1.54, 1.807) is 0 Å². The Labute approximate surface area is 138 Å². The molecule has 114 valence electrons. The summed E-state index contributed by atoms with van der Waals surface area (Å²) >= 11 is 0. The molecule has 0 bridgehead atoms. The summed E-state index contributed by atoms with van der Waals surface area (Å²) in [6.45, 7) is 0.847. The Morgan fingerprint density at radius 3 is 1.91 bits per heavy atom. The largest absolute Gasteiger partial charge is 0.303 e. The maximum atomic E-state index is 3.64. The molecule has 0 amide bonds. The topological polar surface area (TPSA) is 12.0 Å². The van der Waals surface area contributed by atoms with Crippen LogP contribution in [0.1, 0.15) is 22.7 Å². The zero-order valence-corrected chi connectivity index (χ0v) is 13.1. The van der Waals surface area contributed by atoms with Gasteiger partial charge in [-0.15, -0.1) is 0 Å². The molecule has 1 heteroatoms. The van der Waals surface area contributed by atoms with Crippen LogP contribution in [0.15, 0.2) is 97.1 Å². The predicted octanol–water partition coefficient (Wildman–Crippen LogP) is 5.23. The van der Waals surface area contributed by atoms with Crippen molar-refractivity contribution in [3.63, 3.8) is 0 Å². The number of nitrogens with one attached hydrogen (secondary N) is 1. The summed E-state index contributed by atoms with van der Waals surface area (Å²) in [5, 5.41) is 3.64. The van der Waals surface area contributed by atoms with Crippen LogP contribution in [0.4, 0.5) is 0 Å². The predicted molar refractivity (Wildman–Crippen MR) is 97.9 cm³/mol. The van der Waals surface area contributed by atoms with Gasteiger partial charge in [-0.3, -0.25) is 0 Å². The maximum Gasteiger partial charge on any atom is 0.0512 e. The van der Waals surface area contributed by atoms with E-state index in [0.717, 1.165) is 6.54 Å². The van der Waals surface area contributed by atoms with Crippen molar-refractivity contribution in [2.75, 3.05) is 0 Å². The van der Waals surface area contributed by atoms with Crippen LogP contribution in [-0.4, -0.2) is 0 Å². The Bertz CT molecular complexity index is 718. The van der Waals surface area contributed by atoms with E-state index in [-0.39, 0.29) is 6.04 Å². The SMILES string of the molecule is C(=C\C(NCc1ccccc1)c1ccccc1)/c1ccccc1. The first-order valence-corrected chi connectivity index (χ1v) is 7.97. The van der Waals surface area contributed by atoms with Crippen LogP contribution in [0, 0.1) is 0 Å². The quantitative estimate of drug-likeness (QED) is 0.657. The first-order valence-electron chi connectivity index (χ1n) is 7.97. The van der Waals surface area contributed by atoms with Gasteiger partial charge in [-0.05, 0) is 16.7 Å². The number of hydrogen-bond donors (Lipinski definition) is 1. The van der Waals surface area contributed by atoms with Gasteiger partial charge in [0.15, 0.2) is 0 Å². The summed E-state index contributed by atoms with van der Waals surface area (Å²) in [6.07, 6.45) is 4.41. The molecule has 1 N–H and O–H groups in total. The van der Waals surface area contributed by atoms with Crippen molar-refractivity contribution in [3.8, 4) is 0 Å². The molecule has 0 aliphatic carbocycles. The highest BCUT2D eigenvalue weighted by Crippen LogP contribution is 2.17. The maximum absolute atomic E-state index is 3.64. The Hall–Kier alpha value is -2.64. The summed E-state index contributed by atoms with van der Waals surface area (Å²) in [4.78, 5) is 0. The lowest BCUT2D eigenvalue weighted by Crippen LogP contribution is -2.19. The van der Waals surface area contributed by atoms with Gasteiger partial charge in [0.1, 0.15) is 0 Å².